The second-order valence-corrected chi connectivity index (χ2v) is 8.88. The molecule has 4 rings (SSSR count). The molecule has 1 aromatic heterocycles. The lowest BCUT2D eigenvalue weighted by Gasteiger charge is -2.23. The molecule has 1 atom stereocenters. The summed E-state index contributed by atoms with van der Waals surface area (Å²) in [6, 6.07) is 21.9. The molecule has 3 aromatic rings. The second-order valence-electron chi connectivity index (χ2n) is 8.47. The summed E-state index contributed by atoms with van der Waals surface area (Å²) < 4.78 is 0. The third kappa shape index (κ3) is 6.12. The number of hydrogen-bond donors (Lipinski definition) is 1. The standard InChI is InChI=1S/C27H31ClN4O/c1-2-24(21-9-4-3-5-10-21)27(33)30-23-13-14-26(29-19-23)32-16-8-15-31(17-18-32)20-22-11-6-7-12-25(22)28/h3-7,9-14,19,24H,2,8,15-18,20H2,1H3,(H,30,33). The van der Waals surface area contributed by atoms with E-state index in [4.69, 9.17) is 11.6 Å². The summed E-state index contributed by atoms with van der Waals surface area (Å²) in [5.74, 6) is 0.784. The molecule has 5 nitrogen and oxygen atoms in total. The molecule has 1 saturated heterocycles. The number of pyridine rings is 1. The predicted molar refractivity (Wildman–Crippen MR) is 136 cm³/mol. The number of hydrogen-bond acceptors (Lipinski definition) is 4. The lowest BCUT2D eigenvalue weighted by molar-refractivity contribution is -0.117. The van der Waals surface area contributed by atoms with Crippen LogP contribution < -0.4 is 10.2 Å². The van der Waals surface area contributed by atoms with Crippen molar-refractivity contribution in [2.45, 2.75) is 32.2 Å². The van der Waals surface area contributed by atoms with E-state index in [0.29, 0.717) is 0 Å². The van der Waals surface area contributed by atoms with Crippen LogP contribution in [0.5, 0.6) is 0 Å². The van der Waals surface area contributed by atoms with Crippen LogP contribution in [-0.2, 0) is 11.3 Å². The van der Waals surface area contributed by atoms with Gasteiger partial charge >= 0.3 is 0 Å². The third-order valence-corrected chi connectivity index (χ3v) is 6.58. The van der Waals surface area contributed by atoms with Gasteiger partial charge in [0, 0.05) is 37.7 Å². The van der Waals surface area contributed by atoms with E-state index in [1.165, 1.54) is 5.56 Å². The Morgan fingerprint density at radius 3 is 2.52 bits per heavy atom. The first-order chi connectivity index (χ1) is 16.1. The molecule has 33 heavy (non-hydrogen) atoms. The normalized spacial score (nSPS) is 15.6. The summed E-state index contributed by atoms with van der Waals surface area (Å²) in [5, 5.41) is 3.86. The van der Waals surface area contributed by atoms with Gasteiger partial charge in [0.05, 0.1) is 17.8 Å². The summed E-state index contributed by atoms with van der Waals surface area (Å²) in [4.78, 5) is 22.2. The van der Waals surface area contributed by atoms with Gasteiger partial charge in [-0.15, -0.1) is 0 Å². The second kappa shape index (κ2) is 11.3. The lowest BCUT2D eigenvalue weighted by Crippen LogP contribution is -2.31. The molecule has 6 heteroatoms. The van der Waals surface area contributed by atoms with Crippen LogP contribution in [0.4, 0.5) is 11.5 Å². The van der Waals surface area contributed by atoms with Gasteiger partial charge in [-0.2, -0.15) is 0 Å². The number of benzene rings is 2. The van der Waals surface area contributed by atoms with Gasteiger partial charge in [-0.1, -0.05) is 67.1 Å². The van der Waals surface area contributed by atoms with Crippen molar-refractivity contribution in [1.29, 1.82) is 0 Å². The number of amides is 1. The quantitative estimate of drug-likeness (QED) is 0.498. The van der Waals surface area contributed by atoms with E-state index < -0.39 is 0 Å². The minimum absolute atomic E-state index is 0.00300. The van der Waals surface area contributed by atoms with Gasteiger partial charge in [-0.05, 0) is 42.2 Å². The van der Waals surface area contributed by atoms with E-state index in [1.807, 2.05) is 67.6 Å². The maximum absolute atomic E-state index is 12.8. The number of nitrogens with one attached hydrogen (secondary N) is 1. The summed E-state index contributed by atoms with van der Waals surface area (Å²) in [6.07, 6.45) is 3.58. The highest BCUT2D eigenvalue weighted by molar-refractivity contribution is 6.31. The topological polar surface area (TPSA) is 48.5 Å². The molecule has 0 aliphatic carbocycles. The fourth-order valence-corrected chi connectivity index (χ4v) is 4.56. The molecular weight excluding hydrogens is 432 g/mol. The Morgan fingerprint density at radius 2 is 1.79 bits per heavy atom. The van der Waals surface area contributed by atoms with Crippen LogP contribution in [0, 0.1) is 0 Å². The van der Waals surface area contributed by atoms with Crippen LogP contribution in [0.3, 0.4) is 0 Å². The zero-order valence-corrected chi connectivity index (χ0v) is 19.8. The highest BCUT2D eigenvalue weighted by atomic mass is 35.5. The monoisotopic (exact) mass is 462 g/mol. The van der Waals surface area contributed by atoms with Crippen LogP contribution in [0.1, 0.15) is 36.8 Å². The fourth-order valence-electron chi connectivity index (χ4n) is 4.36. The molecule has 1 N–H and O–H groups in total. The molecule has 2 aromatic carbocycles. The van der Waals surface area contributed by atoms with Crippen LogP contribution >= 0.6 is 11.6 Å². The Balaban J connectivity index is 1.34. The number of carbonyl (C=O) groups is 1. The summed E-state index contributed by atoms with van der Waals surface area (Å²) >= 11 is 6.35. The van der Waals surface area contributed by atoms with Crippen LogP contribution in [0.15, 0.2) is 72.9 Å². The summed E-state index contributed by atoms with van der Waals surface area (Å²) in [7, 11) is 0. The minimum Gasteiger partial charge on any atom is -0.355 e. The number of carbonyl (C=O) groups excluding carboxylic acids is 1. The number of aromatic nitrogens is 1. The zero-order valence-electron chi connectivity index (χ0n) is 19.1. The maximum atomic E-state index is 12.8. The molecule has 1 aliphatic rings. The van der Waals surface area contributed by atoms with Gasteiger partial charge < -0.3 is 10.2 Å². The summed E-state index contributed by atoms with van der Waals surface area (Å²) in [6.45, 7) is 6.77. The molecular formula is C27H31ClN4O. The largest absolute Gasteiger partial charge is 0.355 e. The summed E-state index contributed by atoms with van der Waals surface area (Å²) in [5.41, 5.74) is 2.94. The minimum atomic E-state index is -0.166. The number of nitrogens with zero attached hydrogens (tertiary/aromatic N) is 3. The van der Waals surface area contributed by atoms with Crippen LogP contribution in [0.25, 0.3) is 0 Å². The number of anilines is 2. The smallest absolute Gasteiger partial charge is 0.231 e. The van der Waals surface area contributed by atoms with Crippen molar-refractivity contribution in [3.63, 3.8) is 0 Å². The van der Waals surface area contributed by atoms with Crippen molar-refractivity contribution >= 4 is 29.0 Å². The highest BCUT2D eigenvalue weighted by Gasteiger charge is 2.20. The molecule has 1 aliphatic heterocycles. The predicted octanol–water partition coefficient (Wildman–Crippen LogP) is 5.58. The average Bonchev–Trinajstić information content (AvgIpc) is 3.08. The Labute approximate surface area is 201 Å². The molecule has 2 heterocycles. The van der Waals surface area contributed by atoms with Gasteiger partial charge in [0.1, 0.15) is 5.82 Å². The zero-order chi connectivity index (χ0) is 23.0. The fraction of sp³-hybridized carbons (Fsp3) is 0.333. The lowest BCUT2D eigenvalue weighted by atomic mass is 9.95. The SMILES string of the molecule is CCC(C(=O)Nc1ccc(N2CCCN(Cc3ccccc3Cl)CC2)nc1)c1ccccc1. The molecule has 0 bridgehead atoms. The van der Waals surface area contributed by atoms with Gasteiger partial charge in [-0.25, -0.2) is 4.98 Å². The van der Waals surface area contributed by atoms with Gasteiger partial charge in [0.2, 0.25) is 5.91 Å². The van der Waals surface area contributed by atoms with Crippen molar-refractivity contribution in [3.8, 4) is 0 Å². The number of halogens is 1. The van der Waals surface area contributed by atoms with E-state index in [9.17, 15) is 4.79 Å². The van der Waals surface area contributed by atoms with E-state index in [-0.39, 0.29) is 11.8 Å². The van der Waals surface area contributed by atoms with Crippen molar-refractivity contribution in [2.75, 3.05) is 36.4 Å². The molecule has 172 valence electrons. The number of rotatable bonds is 7. The van der Waals surface area contributed by atoms with Gasteiger partial charge in [0.25, 0.3) is 0 Å². The van der Waals surface area contributed by atoms with E-state index in [2.05, 4.69) is 26.2 Å². The Kier molecular flexibility index (Phi) is 7.97. The van der Waals surface area contributed by atoms with Gasteiger partial charge in [0.15, 0.2) is 0 Å². The van der Waals surface area contributed by atoms with E-state index in [0.717, 1.165) is 67.7 Å². The first-order valence-electron chi connectivity index (χ1n) is 11.7. The molecule has 1 amide bonds. The van der Waals surface area contributed by atoms with Crippen LogP contribution in [0.2, 0.25) is 5.02 Å². The van der Waals surface area contributed by atoms with Gasteiger partial charge in [-0.3, -0.25) is 9.69 Å². The molecule has 0 radical (unpaired) electrons. The first kappa shape index (κ1) is 23.3. The van der Waals surface area contributed by atoms with Crippen LogP contribution in [-0.4, -0.2) is 42.0 Å². The van der Waals surface area contributed by atoms with Crippen molar-refractivity contribution < 1.29 is 4.79 Å². The third-order valence-electron chi connectivity index (χ3n) is 6.21. The molecule has 0 saturated carbocycles. The maximum Gasteiger partial charge on any atom is 0.231 e. The first-order valence-corrected chi connectivity index (χ1v) is 12.0. The molecule has 1 unspecified atom stereocenters. The Bertz CT molecular complexity index is 1040. The Morgan fingerprint density at radius 1 is 1.00 bits per heavy atom. The van der Waals surface area contributed by atoms with Crippen molar-refractivity contribution in [2.24, 2.45) is 0 Å². The van der Waals surface area contributed by atoms with Crippen molar-refractivity contribution in [3.05, 3.63) is 89.1 Å². The highest BCUT2D eigenvalue weighted by Crippen LogP contribution is 2.23. The Hall–Kier alpha value is -2.89. The van der Waals surface area contributed by atoms with Crippen molar-refractivity contribution in [1.82, 2.24) is 9.88 Å². The molecule has 1 fully saturated rings. The van der Waals surface area contributed by atoms with E-state index >= 15 is 0 Å². The average molecular weight is 463 g/mol. The van der Waals surface area contributed by atoms with E-state index in [1.54, 1.807) is 6.20 Å². The molecule has 0 spiro atoms.